The highest BCUT2D eigenvalue weighted by atomic mass is 16.7. The number of carbonyl (C=O) groups excluding carboxylic acids is 4. The number of ether oxygens (including phenoxy) is 7. The molecule has 0 aromatic heterocycles. The topological polar surface area (TPSA) is 133 Å². The van der Waals surface area contributed by atoms with Gasteiger partial charge in [0.2, 0.25) is 13.6 Å². The Kier molecular flexibility index (Phi) is 12.3. The first-order chi connectivity index (χ1) is 20.8. The first kappa shape index (κ1) is 31.8. The molecule has 0 saturated carbocycles. The Morgan fingerprint density at radius 2 is 1.12 bits per heavy atom. The molecular formula is C32H28O11. The van der Waals surface area contributed by atoms with Crippen LogP contribution in [0.25, 0.3) is 11.1 Å². The van der Waals surface area contributed by atoms with Crippen molar-refractivity contribution in [1.82, 2.24) is 0 Å². The van der Waals surface area contributed by atoms with Gasteiger partial charge >= 0.3 is 23.9 Å². The maximum Gasteiger partial charge on any atom is 0.343 e. The summed E-state index contributed by atoms with van der Waals surface area (Å²) in [6.07, 6.45) is 3.04. The smallest absolute Gasteiger partial charge is 0.343 e. The molecule has 0 aliphatic heterocycles. The molecule has 0 spiro atoms. The first-order valence-electron chi connectivity index (χ1n) is 12.6. The lowest BCUT2D eigenvalue weighted by molar-refractivity contribution is -0.151. The maximum atomic E-state index is 12.9. The zero-order chi connectivity index (χ0) is 31.0. The van der Waals surface area contributed by atoms with Crippen LogP contribution in [0.1, 0.15) is 15.9 Å². The first-order valence-corrected chi connectivity index (χ1v) is 12.6. The molecule has 3 aromatic carbocycles. The van der Waals surface area contributed by atoms with Crippen LogP contribution in [-0.4, -0.2) is 44.3 Å². The van der Waals surface area contributed by atoms with Crippen molar-refractivity contribution in [3.8, 4) is 28.4 Å². The zero-order valence-corrected chi connectivity index (χ0v) is 23.0. The highest BCUT2D eigenvalue weighted by Crippen LogP contribution is 2.26. The van der Waals surface area contributed by atoms with E-state index >= 15 is 0 Å². The molecule has 3 aromatic rings. The predicted octanol–water partition coefficient (Wildman–Crippen LogP) is 4.91. The van der Waals surface area contributed by atoms with Crippen molar-refractivity contribution in [2.24, 2.45) is 0 Å². The van der Waals surface area contributed by atoms with Gasteiger partial charge in [-0.15, -0.1) is 0 Å². The molecule has 0 aliphatic carbocycles. The summed E-state index contributed by atoms with van der Waals surface area (Å²) in [5.41, 5.74) is 2.33. The minimum absolute atomic E-state index is 0.102. The summed E-state index contributed by atoms with van der Waals surface area (Å²) in [6.45, 7) is 8.83. The molecule has 0 unspecified atom stereocenters. The standard InChI is InChI=1S/C32H28O11/c1-4-29(33)40-19-37-18-25-17-24(11-16-28(25)39-21-42-31(35)6-3)32(36)43-27-14-9-23(10-15-27)22-7-12-26(13-8-22)38-20-41-30(34)5-2/h4-17H,1-3,18-21H2. The lowest BCUT2D eigenvalue weighted by Gasteiger charge is -2.13. The van der Waals surface area contributed by atoms with Crippen LogP contribution < -0.4 is 14.2 Å². The third-order valence-electron chi connectivity index (χ3n) is 5.43. The number of esters is 4. The Labute approximate surface area is 247 Å². The molecule has 0 fully saturated rings. The van der Waals surface area contributed by atoms with Gasteiger partial charge in [0.1, 0.15) is 17.2 Å². The summed E-state index contributed by atoms with van der Waals surface area (Å²) in [7, 11) is 0. The van der Waals surface area contributed by atoms with Crippen molar-refractivity contribution in [3.05, 3.63) is 116 Å². The fraction of sp³-hybridized carbons (Fsp3) is 0.125. The van der Waals surface area contributed by atoms with Crippen LogP contribution in [0.2, 0.25) is 0 Å². The second-order valence-electron chi connectivity index (χ2n) is 8.25. The van der Waals surface area contributed by atoms with Crippen LogP contribution in [0.4, 0.5) is 0 Å². The fourth-order valence-corrected chi connectivity index (χ4v) is 3.32. The molecule has 0 heterocycles. The molecule has 0 atom stereocenters. The minimum Gasteiger partial charge on any atom is -0.457 e. The Hall–Kier alpha value is -5.68. The van der Waals surface area contributed by atoms with Crippen LogP contribution in [0.3, 0.4) is 0 Å². The van der Waals surface area contributed by atoms with Crippen molar-refractivity contribution >= 4 is 23.9 Å². The maximum absolute atomic E-state index is 12.9. The predicted molar refractivity (Wildman–Crippen MR) is 153 cm³/mol. The molecular weight excluding hydrogens is 560 g/mol. The molecule has 222 valence electrons. The van der Waals surface area contributed by atoms with Crippen molar-refractivity contribution in [1.29, 1.82) is 0 Å². The third kappa shape index (κ3) is 10.3. The third-order valence-corrected chi connectivity index (χ3v) is 5.43. The average molecular weight is 589 g/mol. The van der Waals surface area contributed by atoms with E-state index in [1.165, 1.54) is 18.2 Å². The molecule has 11 nitrogen and oxygen atoms in total. The van der Waals surface area contributed by atoms with E-state index in [-0.39, 0.29) is 31.5 Å². The van der Waals surface area contributed by atoms with E-state index in [0.29, 0.717) is 17.1 Å². The highest BCUT2D eigenvalue weighted by Gasteiger charge is 2.14. The Bertz CT molecular complexity index is 1460. The molecule has 0 amide bonds. The number of carbonyl (C=O) groups is 4. The van der Waals surface area contributed by atoms with E-state index in [2.05, 4.69) is 19.7 Å². The van der Waals surface area contributed by atoms with Gasteiger partial charge in [0, 0.05) is 23.8 Å². The average Bonchev–Trinajstić information content (AvgIpc) is 3.03. The van der Waals surface area contributed by atoms with E-state index in [9.17, 15) is 19.2 Å². The lowest BCUT2D eigenvalue weighted by atomic mass is 10.1. The number of rotatable bonds is 16. The van der Waals surface area contributed by atoms with Crippen molar-refractivity contribution in [3.63, 3.8) is 0 Å². The van der Waals surface area contributed by atoms with Gasteiger partial charge in [-0.3, -0.25) is 0 Å². The van der Waals surface area contributed by atoms with Crippen LogP contribution in [0.15, 0.2) is 105 Å². The van der Waals surface area contributed by atoms with Gasteiger partial charge in [0.05, 0.1) is 12.2 Å². The minimum atomic E-state index is -0.671. The largest absolute Gasteiger partial charge is 0.457 e. The monoisotopic (exact) mass is 588 g/mol. The van der Waals surface area contributed by atoms with Gasteiger partial charge in [0.25, 0.3) is 0 Å². The van der Waals surface area contributed by atoms with Gasteiger partial charge in [-0.25, -0.2) is 19.2 Å². The summed E-state index contributed by atoms with van der Waals surface area (Å²) in [5.74, 6) is -1.46. The van der Waals surface area contributed by atoms with Crippen LogP contribution in [0.5, 0.6) is 17.2 Å². The van der Waals surface area contributed by atoms with Gasteiger partial charge in [-0.1, -0.05) is 44.0 Å². The lowest BCUT2D eigenvalue weighted by Crippen LogP contribution is -2.12. The molecule has 0 N–H and O–H groups in total. The second-order valence-corrected chi connectivity index (χ2v) is 8.25. The van der Waals surface area contributed by atoms with Gasteiger partial charge in [-0.2, -0.15) is 0 Å². The second kappa shape index (κ2) is 16.6. The SMILES string of the molecule is C=CC(=O)OCOCc1cc(C(=O)Oc2ccc(-c3ccc(OCOC(=O)C=C)cc3)cc2)ccc1OCOC(=O)C=C. The van der Waals surface area contributed by atoms with Crippen molar-refractivity contribution in [2.75, 3.05) is 20.4 Å². The number of hydrogen-bond donors (Lipinski definition) is 0. The van der Waals surface area contributed by atoms with E-state index in [1.54, 1.807) is 36.4 Å². The highest BCUT2D eigenvalue weighted by molar-refractivity contribution is 5.91. The van der Waals surface area contributed by atoms with Crippen LogP contribution in [-0.2, 0) is 39.9 Å². The molecule has 0 aliphatic rings. The van der Waals surface area contributed by atoms with Gasteiger partial charge < -0.3 is 33.2 Å². The Morgan fingerprint density at radius 3 is 1.67 bits per heavy atom. The van der Waals surface area contributed by atoms with Crippen LogP contribution in [0, 0.1) is 0 Å². The summed E-state index contributed by atoms with van der Waals surface area (Å²) >= 11 is 0. The molecule has 3 rings (SSSR count). The number of benzene rings is 3. The van der Waals surface area contributed by atoms with E-state index in [4.69, 9.17) is 33.2 Å². The summed E-state index contributed by atoms with van der Waals surface area (Å²) < 4.78 is 36.1. The Morgan fingerprint density at radius 1 is 0.605 bits per heavy atom. The van der Waals surface area contributed by atoms with E-state index in [0.717, 1.165) is 29.4 Å². The summed E-state index contributed by atoms with van der Waals surface area (Å²) in [6, 6.07) is 18.4. The van der Waals surface area contributed by atoms with Crippen molar-refractivity contribution < 1.29 is 52.3 Å². The molecule has 0 saturated heterocycles. The van der Waals surface area contributed by atoms with Crippen molar-refractivity contribution in [2.45, 2.75) is 6.61 Å². The molecule has 0 bridgehead atoms. The molecule has 43 heavy (non-hydrogen) atoms. The zero-order valence-electron chi connectivity index (χ0n) is 23.0. The summed E-state index contributed by atoms with van der Waals surface area (Å²) in [5, 5.41) is 0. The van der Waals surface area contributed by atoms with E-state index < -0.39 is 30.7 Å². The Balaban J connectivity index is 1.63. The fourth-order valence-electron chi connectivity index (χ4n) is 3.32. The van der Waals surface area contributed by atoms with E-state index in [1.807, 2.05) is 12.1 Å². The normalized spacial score (nSPS) is 10.0. The van der Waals surface area contributed by atoms with Crippen LogP contribution >= 0.6 is 0 Å². The molecule has 0 radical (unpaired) electrons. The van der Waals surface area contributed by atoms with Gasteiger partial charge in [0.15, 0.2) is 6.79 Å². The van der Waals surface area contributed by atoms with Gasteiger partial charge in [-0.05, 0) is 53.6 Å². The quantitative estimate of drug-likeness (QED) is 0.0565. The number of hydrogen-bond acceptors (Lipinski definition) is 11. The summed E-state index contributed by atoms with van der Waals surface area (Å²) in [4.78, 5) is 46.5. The molecule has 11 heteroatoms.